The number of hydrogen-bond acceptors (Lipinski definition) is 9. The van der Waals surface area contributed by atoms with Crippen molar-refractivity contribution < 1.29 is 38.1 Å². The van der Waals surface area contributed by atoms with Crippen molar-refractivity contribution in [2.75, 3.05) is 34.0 Å². The van der Waals surface area contributed by atoms with Crippen LogP contribution in [0.5, 0.6) is 23.0 Å². The summed E-state index contributed by atoms with van der Waals surface area (Å²) in [5.41, 5.74) is 4.29. The second-order valence-corrected chi connectivity index (χ2v) is 9.09. The van der Waals surface area contributed by atoms with E-state index in [1.807, 2.05) is 6.92 Å². The summed E-state index contributed by atoms with van der Waals surface area (Å²) in [6.45, 7) is 5.52. The van der Waals surface area contributed by atoms with Crippen molar-refractivity contribution in [1.82, 2.24) is 16.1 Å². The van der Waals surface area contributed by atoms with Crippen molar-refractivity contribution in [3.63, 3.8) is 0 Å². The van der Waals surface area contributed by atoms with Crippen LogP contribution < -0.4 is 35.0 Å². The lowest BCUT2D eigenvalue weighted by Gasteiger charge is -2.28. The molecule has 2 aromatic rings. The van der Waals surface area contributed by atoms with Crippen molar-refractivity contribution in [2.45, 2.75) is 26.8 Å². The summed E-state index contributed by atoms with van der Waals surface area (Å²) in [6, 6.07) is 7.12. The molecule has 13 heteroatoms. The minimum Gasteiger partial charge on any atom is -0.493 e. The summed E-state index contributed by atoms with van der Waals surface area (Å²) in [7, 11) is 2.97. The zero-order chi connectivity index (χ0) is 29.2. The lowest BCUT2D eigenvalue weighted by Crippen LogP contribution is -2.45. The van der Waals surface area contributed by atoms with Crippen molar-refractivity contribution in [3.8, 4) is 23.0 Å². The van der Waals surface area contributed by atoms with Gasteiger partial charge in [0.25, 0.3) is 5.91 Å². The molecule has 1 atom stereocenters. The van der Waals surface area contributed by atoms with E-state index in [-0.39, 0.29) is 24.5 Å². The molecule has 0 saturated heterocycles. The van der Waals surface area contributed by atoms with Gasteiger partial charge in [0.2, 0.25) is 0 Å². The molecule has 0 radical (unpaired) electrons. The standard InChI is InChI=1S/C27H31BrN4O8/c1-6-38-22-12-18(28)17(11-21(22)37-5)13-29-32-23(33)14-40-19-9-8-16(10-20(19)36-4)25-24(26(34)39-7-2)15(3)30-27(35)31-25/h8-13,25H,6-7,14H2,1-5H3,(H,32,33)(H2,30,31,35)/b29-13-/t25-/m1/s1. The van der Waals surface area contributed by atoms with Gasteiger partial charge in [0.05, 0.1) is 45.3 Å². The lowest BCUT2D eigenvalue weighted by molar-refractivity contribution is -0.139. The first-order valence-electron chi connectivity index (χ1n) is 12.3. The number of urea groups is 1. The van der Waals surface area contributed by atoms with Crippen LogP contribution in [0.3, 0.4) is 0 Å². The monoisotopic (exact) mass is 618 g/mol. The minimum atomic E-state index is -0.770. The maximum atomic E-state index is 12.6. The van der Waals surface area contributed by atoms with E-state index >= 15 is 0 Å². The fraction of sp³-hybridized carbons (Fsp3) is 0.333. The average Bonchev–Trinajstić information content (AvgIpc) is 2.92. The van der Waals surface area contributed by atoms with Gasteiger partial charge in [0.15, 0.2) is 29.6 Å². The second kappa shape index (κ2) is 14.2. The van der Waals surface area contributed by atoms with Crippen LogP contribution in [0.2, 0.25) is 0 Å². The Labute approximate surface area is 240 Å². The number of methoxy groups -OCH3 is 2. The molecule has 0 saturated carbocycles. The highest BCUT2D eigenvalue weighted by Crippen LogP contribution is 2.35. The molecule has 1 heterocycles. The molecule has 0 spiro atoms. The number of carbonyl (C=O) groups is 3. The molecule has 3 N–H and O–H groups in total. The summed E-state index contributed by atoms with van der Waals surface area (Å²) in [6.07, 6.45) is 1.46. The number of benzene rings is 2. The van der Waals surface area contributed by atoms with Crippen molar-refractivity contribution >= 4 is 40.1 Å². The maximum Gasteiger partial charge on any atom is 0.338 e. The van der Waals surface area contributed by atoms with Crippen LogP contribution in [0.25, 0.3) is 0 Å². The van der Waals surface area contributed by atoms with Crippen molar-refractivity contribution in [2.24, 2.45) is 5.10 Å². The number of halogens is 1. The molecule has 0 bridgehead atoms. The first-order chi connectivity index (χ1) is 19.2. The summed E-state index contributed by atoms with van der Waals surface area (Å²) < 4.78 is 27.8. The first kappa shape index (κ1) is 30.3. The third-order valence-electron chi connectivity index (χ3n) is 5.62. The molecular weight excluding hydrogens is 588 g/mol. The number of ether oxygens (including phenoxy) is 5. The molecule has 2 aromatic carbocycles. The Kier molecular flexibility index (Phi) is 10.8. The smallest absolute Gasteiger partial charge is 0.338 e. The van der Waals surface area contributed by atoms with Gasteiger partial charge in [0, 0.05) is 15.7 Å². The molecule has 40 heavy (non-hydrogen) atoms. The SMILES string of the molecule is CCOC(=O)C1=C(C)NC(=O)N[C@@H]1c1ccc(OCC(=O)N/N=C\c2cc(OC)c(OCC)cc2Br)c(OC)c1. The number of hydrazone groups is 1. The third kappa shape index (κ3) is 7.44. The van der Waals surface area contributed by atoms with Crippen molar-refractivity contribution in [1.29, 1.82) is 0 Å². The zero-order valence-corrected chi connectivity index (χ0v) is 24.3. The number of hydrogen-bond donors (Lipinski definition) is 3. The van der Waals surface area contributed by atoms with Crippen LogP contribution in [-0.2, 0) is 14.3 Å². The molecule has 3 amide bonds. The van der Waals surface area contributed by atoms with Gasteiger partial charge in [-0.2, -0.15) is 5.10 Å². The quantitative estimate of drug-likeness (QED) is 0.186. The molecule has 0 aliphatic carbocycles. The van der Waals surface area contributed by atoms with Gasteiger partial charge in [0.1, 0.15) is 0 Å². The van der Waals surface area contributed by atoms with Crippen LogP contribution in [-0.4, -0.2) is 58.2 Å². The molecule has 1 aliphatic rings. The fourth-order valence-electron chi connectivity index (χ4n) is 3.83. The number of amides is 3. The third-order valence-corrected chi connectivity index (χ3v) is 6.31. The average molecular weight is 619 g/mol. The van der Waals surface area contributed by atoms with Crippen LogP contribution in [0, 0.1) is 0 Å². The molecular formula is C27H31BrN4O8. The number of allylic oxidation sites excluding steroid dienone is 1. The number of esters is 1. The molecule has 0 aromatic heterocycles. The van der Waals surface area contributed by atoms with E-state index in [2.05, 4.69) is 37.1 Å². The maximum absolute atomic E-state index is 12.6. The van der Waals surface area contributed by atoms with E-state index in [0.29, 0.717) is 45.2 Å². The Morgan fingerprint density at radius 2 is 1.75 bits per heavy atom. The van der Waals surface area contributed by atoms with E-state index in [0.717, 1.165) is 0 Å². The number of carbonyl (C=O) groups excluding carboxylic acids is 3. The highest BCUT2D eigenvalue weighted by atomic mass is 79.9. The zero-order valence-electron chi connectivity index (χ0n) is 22.8. The summed E-state index contributed by atoms with van der Waals surface area (Å²) in [5.74, 6) is 0.629. The van der Waals surface area contributed by atoms with E-state index in [9.17, 15) is 14.4 Å². The number of nitrogens with one attached hydrogen (secondary N) is 3. The second-order valence-electron chi connectivity index (χ2n) is 8.24. The number of nitrogens with zero attached hydrogens (tertiary/aromatic N) is 1. The Morgan fingerprint density at radius 1 is 1.02 bits per heavy atom. The van der Waals surface area contributed by atoms with Crippen LogP contribution in [0.1, 0.15) is 37.9 Å². The highest BCUT2D eigenvalue weighted by molar-refractivity contribution is 9.10. The molecule has 1 aliphatic heterocycles. The molecule has 0 fully saturated rings. The molecule has 3 rings (SSSR count). The number of rotatable bonds is 12. The molecule has 214 valence electrons. The van der Waals surface area contributed by atoms with Gasteiger partial charge < -0.3 is 34.3 Å². The van der Waals surface area contributed by atoms with E-state index < -0.39 is 23.9 Å². The van der Waals surface area contributed by atoms with Crippen LogP contribution >= 0.6 is 15.9 Å². The lowest BCUT2D eigenvalue weighted by atomic mass is 9.95. The summed E-state index contributed by atoms with van der Waals surface area (Å²) >= 11 is 3.45. The highest BCUT2D eigenvalue weighted by Gasteiger charge is 2.32. The van der Waals surface area contributed by atoms with Gasteiger partial charge in [-0.25, -0.2) is 15.0 Å². The Bertz CT molecular complexity index is 1330. The van der Waals surface area contributed by atoms with Crippen LogP contribution in [0.15, 0.2) is 51.2 Å². The predicted molar refractivity (Wildman–Crippen MR) is 150 cm³/mol. The van der Waals surface area contributed by atoms with Gasteiger partial charge in [-0.3, -0.25) is 4.79 Å². The van der Waals surface area contributed by atoms with Crippen molar-refractivity contribution in [3.05, 3.63) is 57.2 Å². The van der Waals surface area contributed by atoms with Crippen LogP contribution in [0.4, 0.5) is 4.79 Å². The van der Waals surface area contributed by atoms with Gasteiger partial charge in [-0.05, 0) is 66.5 Å². The largest absolute Gasteiger partial charge is 0.493 e. The predicted octanol–water partition coefficient (Wildman–Crippen LogP) is 3.59. The van der Waals surface area contributed by atoms with E-state index in [1.165, 1.54) is 20.4 Å². The summed E-state index contributed by atoms with van der Waals surface area (Å²) in [4.78, 5) is 37.0. The fourth-order valence-corrected chi connectivity index (χ4v) is 4.26. The Morgan fingerprint density at radius 3 is 2.42 bits per heavy atom. The topological polar surface area (TPSA) is 146 Å². The van der Waals surface area contributed by atoms with Gasteiger partial charge in [-0.1, -0.05) is 6.07 Å². The first-order valence-corrected chi connectivity index (χ1v) is 13.1. The van der Waals surface area contributed by atoms with E-state index in [1.54, 1.807) is 44.2 Å². The Hall–Kier alpha value is -4.26. The molecule has 12 nitrogen and oxygen atoms in total. The molecule has 0 unspecified atom stereocenters. The Balaban J connectivity index is 1.68. The van der Waals surface area contributed by atoms with Gasteiger partial charge in [-0.15, -0.1) is 0 Å². The normalized spacial score (nSPS) is 14.8. The summed E-state index contributed by atoms with van der Waals surface area (Å²) in [5, 5.41) is 9.29. The van der Waals surface area contributed by atoms with E-state index in [4.69, 9.17) is 23.7 Å². The minimum absolute atomic E-state index is 0.185. The van der Waals surface area contributed by atoms with Gasteiger partial charge >= 0.3 is 12.0 Å².